The van der Waals surface area contributed by atoms with Gasteiger partial charge in [-0.05, 0) is 41.3 Å². The number of hydrogen-bond donors (Lipinski definition) is 1. The lowest BCUT2D eigenvalue weighted by Crippen LogP contribution is -1.97. The quantitative estimate of drug-likeness (QED) is 0.387. The highest BCUT2D eigenvalue weighted by atomic mass is 14.9. The SMILES string of the molecule is CCCCc1c2ccccc2c(Nc2ccccc2)c2ccccc12. The van der Waals surface area contributed by atoms with Crippen molar-refractivity contribution < 1.29 is 0 Å². The molecular weight excluding hydrogens is 302 g/mol. The van der Waals surface area contributed by atoms with E-state index in [2.05, 4.69) is 91.1 Å². The Bertz CT molecular complexity index is 945. The summed E-state index contributed by atoms with van der Waals surface area (Å²) in [6.45, 7) is 2.26. The minimum Gasteiger partial charge on any atom is -0.355 e. The van der Waals surface area contributed by atoms with Gasteiger partial charge in [0.25, 0.3) is 0 Å². The zero-order valence-electron chi connectivity index (χ0n) is 14.6. The third-order valence-electron chi connectivity index (χ3n) is 4.87. The van der Waals surface area contributed by atoms with Crippen LogP contribution >= 0.6 is 0 Å². The van der Waals surface area contributed by atoms with Crippen LogP contribution in [0.5, 0.6) is 0 Å². The number of benzene rings is 4. The third kappa shape index (κ3) is 2.98. The molecule has 0 aromatic heterocycles. The molecule has 0 radical (unpaired) electrons. The summed E-state index contributed by atoms with van der Waals surface area (Å²) in [6, 6.07) is 28.0. The Labute approximate surface area is 149 Å². The second-order valence-corrected chi connectivity index (χ2v) is 6.54. The Kier molecular flexibility index (Phi) is 4.39. The zero-order valence-corrected chi connectivity index (χ0v) is 14.6. The standard InChI is InChI=1S/C24H23N/c1-2-3-13-19-20-14-7-9-16-22(20)24(23-17-10-8-15-21(19)23)25-18-11-5-4-6-12-18/h4-12,14-17,25H,2-3,13H2,1H3. The van der Waals surface area contributed by atoms with Gasteiger partial charge in [0.05, 0.1) is 5.69 Å². The molecule has 0 amide bonds. The number of anilines is 2. The molecule has 1 nitrogen and oxygen atoms in total. The van der Waals surface area contributed by atoms with Crippen molar-refractivity contribution in [2.45, 2.75) is 26.2 Å². The highest BCUT2D eigenvalue weighted by molar-refractivity contribution is 6.14. The molecule has 0 aliphatic rings. The first-order chi connectivity index (χ1) is 12.4. The molecule has 124 valence electrons. The first kappa shape index (κ1) is 15.7. The molecule has 0 saturated heterocycles. The molecule has 0 bridgehead atoms. The molecule has 0 aliphatic heterocycles. The maximum atomic E-state index is 3.67. The Morgan fingerprint density at radius 2 is 1.16 bits per heavy atom. The average molecular weight is 325 g/mol. The van der Waals surface area contributed by atoms with E-state index in [9.17, 15) is 0 Å². The van der Waals surface area contributed by atoms with E-state index in [0.29, 0.717) is 0 Å². The van der Waals surface area contributed by atoms with Crippen LogP contribution in [0.2, 0.25) is 0 Å². The van der Waals surface area contributed by atoms with Crippen molar-refractivity contribution in [1.29, 1.82) is 0 Å². The average Bonchev–Trinajstić information content (AvgIpc) is 2.68. The molecule has 1 heteroatoms. The number of para-hydroxylation sites is 1. The Morgan fingerprint density at radius 3 is 1.72 bits per heavy atom. The predicted octanol–water partition coefficient (Wildman–Crippen LogP) is 7.08. The van der Waals surface area contributed by atoms with Crippen molar-refractivity contribution in [2.24, 2.45) is 0 Å². The molecule has 4 rings (SSSR count). The smallest absolute Gasteiger partial charge is 0.0543 e. The van der Waals surface area contributed by atoms with Crippen LogP contribution in [0, 0.1) is 0 Å². The summed E-state index contributed by atoms with van der Waals surface area (Å²) in [5.41, 5.74) is 3.81. The molecule has 0 fully saturated rings. The summed E-state index contributed by atoms with van der Waals surface area (Å²) < 4.78 is 0. The van der Waals surface area contributed by atoms with Crippen LogP contribution in [0.25, 0.3) is 21.5 Å². The normalized spacial score (nSPS) is 11.1. The minimum absolute atomic E-state index is 1.12. The number of hydrogen-bond acceptors (Lipinski definition) is 1. The van der Waals surface area contributed by atoms with Gasteiger partial charge in [-0.25, -0.2) is 0 Å². The van der Waals surface area contributed by atoms with E-state index < -0.39 is 0 Å². The molecule has 0 unspecified atom stereocenters. The molecule has 0 atom stereocenters. The fourth-order valence-electron chi connectivity index (χ4n) is 3.64. The largest absolute Gasteiger partial charge is 0.355 e. The Balaban J connectivity index is 2.00. The van der Waals surface area contributed by atoms with Crippen LogP contribution in [-0.4, -0.2) is 0 Å². The Morgan fingerprint density at radius 1 is 0.640 bits per heavy atom. The number of rotatable bonds is 5. The van der Waals surface area contributed by atoms with Gasteiger partial charge in [0.2, 0.25) is 0 Å². The van der Waals surface area contributed by atoms with E-state index >= 15 is 0 Å². The molecule has 0 aliphatic carbocycles. The number of aryl methyl sites for hydroxylation is 1. The van der Waals surface area contributed by atoms with E-state index in [4.69, 9.17) is 0 Å². The summed E-state index contributed by atoms with van der Waals surface area (Å²) in [5, 5.41) is 9.01. The van der Waals surface area contributed by atoms with E-state index in [0.717, 1.165) is 12.1 Å². The first-order valence-corrected chi connectivity index (χ1v) is 9.13. The van der Waals surface area contributed by atoms with Crippen molar-refractivity contribution >= 4 is 32.9 Å². The van der Waals surface area contributed by atoms with Gasteiger partial charge in [0.1, 0.15) is 0 Å². The molecule has 0 spiro atoms. The number of unbranched alkanes of at least 4 members (excludes halogenated alkanes) is 1. The molecular formula is C24H23N. The van der Waals surface area contributed by atoms with Crippen molar-refractivity contribution in [3.05, 3.63) is 84.4 Å². The lowest BCUT2D eigenvalue weighted by atomic mass is 9.92. The molecule has 1 N–H and O–H groups in total. The topological polar surface area (TPSA) is 12.0 Å². The van der Waals surface area contributed by atoms with Crippen LogP contribution in [0.4, 0.5) is 11.4 Å². The van der Waals surface area contributed by atoms with Crippen LogP contribution in [-0.2, 0) is 6.42 Å². The summed E-state index contributed by atoms with van der Waals surface area (Å²) in [5.74, 6) is 0. The van der Waals surface area contributed by atoms with E-state index in [-0.39, 0.29) is 0 Å². The van der Waals surface area contributed by atoms with Crippen molar-refractivity contribution in [3.8, 4) is 0 Å². The second-order valence-electron chi connectivity index (χ2n) is 6.54. The summed E-state index contributed by atoms with van der Waals surface area (Å²) in [4.78, 5) is 0. The summed E-state index contributed by atoms with van der Waals surface area (Å²) in [7, 11) is 0. The van der Waals surface area contributed by atoms with E-state index in [1.54, 1.807) is 0 Å². The van der Waals surface area contributed by atoms with Gasteiger partial charge in [-0.3, -0.25) is 0 Å². The van der Waals surface area contributed by atoms with E-state index in [1.165, 1.54) is 45.6 Å². The number of nitrogens with one attached hydrogen (secondary N) is 1. The lowest BCUT2D eigenvalue weighted by Gasteiger charge is -2.18. The lowest BCUT2D eigenvalue weighted by molar-refractivity contribution is 0.802. The molecule has 4 aromatic rings. The van der Waals surface area contributed by atoms with Crippen LogP contribution in [0.1, 0.15) is 25.3 Å². The van der Waals surface area contributed by atoms with Gasteiger partial charge in [-0.2, -0.15) is 0 Å². The molecule has 4 aromatic carbocycles. The number of fused-ring (bicyclic) bond motifs is 2. The maximum absolute atomic E-state index is 3.67. The first-order valence-electron chi connectivity index (χ1n) is 9.13. The summed E-state index contributed by atoms with van der Waals surface area (Å²) in [6.07, 6.45) is 3.56. The molecule has 25 heavy (non-hydrogen) atoms. The van der Waals surface area contributed by atoms with Gasteiger partial charge in [-0.15, -0.1) is 0 Å². The van der Waals surface area contributed by atoms with Crippen molar-refractivity contribution in [3.63, 3.8) is 0 Å². The van der Waals surface area contributed by atoms with Crippen molar-refractivity contribution in [1.82, 2.24) is 0 Å². The van der Waals surface area contributed by atoms with Gasteiger partial charge in [0, 0.05) is 16.5 Å². The van der Waals surface area contributed by atoms with Crippen LogP contribution in [0.15, 0.2) is 78.9 Å². The fourth-order valence-corrected chi connectivity index (χ4v) is 3.64. The second kappa shape index (κ2) is 6.98. The van der Waals surface area contributed by atoms with Crippen molar-refractivity contribution in [2.75, 3.05) is 5.32 Å². The molecule has 0 saturated carbocycles. The van der Waals surface area contributed by atoms with E-state index in [1.807, 2.05) is 0 Å². The zero-order chi connectivity index (χ0) is 17.1. The van der Waals surface area contributed by atoms with Crippen LogP contribution in [0.3, 0.4) is 0 Å². The van der Waals surface area contributed by atoms with Gasteiger partial charge < -0.3 is 5.32 Å². The highest BCUT2D eigenvalue weighted by Gasteiger charge is 2.13. The van der Waals surface area contributed by atoms with Gasteiger partial charge >= 0.3 is 0 Å². The Hall–Kier alpha value is -2.80. The third-order valence-corrected chi connectivity index (χ3v) is 4.87. The maximum Gasteiger partial charge on any atom is 0.0543 e. The minimum atomic E-state index is 1.12. The summed E-state index contributed by atoms with van der Waals surface area (Å²) >= 11 is 0. The highest BCUT2D eigenvalue weighted by Crippen LogP contribution is 2.38. The van der Waals surface area contributed by atoms with Crippen LogP contribution < -0.4 is 5.32 Å². The molecule has 0 heterocycles. The predicted molar refractivity (Wildman–Crippen MR) is 110 cm³/mol. The monoisotopic (exact) mass is 325 g/mol. The van der Waals surface area contributed by atoms with Gasteiger partial charge in [-0.1, -0.05) is 80.1 Å². The van der Waals surface area contributed by atoms with Gasteiger partial charge in [0.15, 0.2) is 0 Å². The fraction of sp³-hybridized carbons (Fsp3) is 0.167.